The number of hydrogen-bond donors (Lipinski definition) is 2. The lowest BCUT2D eigenvalue weighted by Crippen LogP contribution is -2.57. The van der Waals surface area contributed by atoms with Crippen LogP contribution in [0.15, 0.2) is 30.5 Å². The van der Waals surface area contributed by atoms with Gasteiger partial charge in [0.05, 0.1) is 12.7 Å². The number of carbonyl (C=O) groups is 2. The van der Waals surface area contributed by atoms with Crippen molar-refractivity contribution >= 4 is 40.8 Å². The number of rotatable bonds is 5. The average Bonchev–Trinajstić information content (AvgIpc) is 3.04. The third-order valence-corrected chi connectivity index (χ3v) is 5.44. The van der Waals surface area contributed by atoms with Gasteiger partial charge in [0, 0.05) is 23.0 Å². The molecule has 1 aliphatic carbocycles. The normalized spacial score (nSPS) is 16.0. The number of anilines is 1. The van der Waals surface area contributed by atoms with Crippen molar-refractivity contribution in [3.8, 4) is 0 Å². The SMILES string of the molecule is CC(=O)NC1(C(=O)Nc2ccnn2Cc2ccc(Cl)cc2Cl)CCCCC1. The fourth-order valence-corrected chi connectivity index (χ4v) is 3.98. The van der Waals surface area contributed by atoms with Crippen LogP contribution >= 0.6 is 23.2 Å². The van der Waals surface area contributed by atoms with E-state index in [-0.39, 0.29) is 11.8 Å². The molecule has 8 heteroatoms. The fourth-order valence-electron chi connectivity index (χ4n) is 3.51. The zero-order valence-electron chi connectivity index (χ0n) is 15.1. The summed E-state index contributed by atoms with van der Waals surface area (Å²) in [5.41, 5.74) is -0.0219. The van der Waals surface area contributed by atoms with Gasteiger partial charge in [0.2, 0.25) is 5.91 Å². The Morgan fingerprint density at radius 1 is 1.19 bits per heavy atom. The first-order valence-corrected chi connectivity index (χ1v) is 9.71. The average molecular weight is 409 g/mol. The number of nitrogens with zero attached hydrogens (tertiary/aromatic N) is 2. The van der Waals surface area contributed by atoms with E-state index in [0.29, 0.717) is 35.2 Å². The highest BCUT2D eigenvalue weighted by atomic mass is 35.5. The van der Waals surface area contributed by atoms with Crippen molar-refractivity contribution in [3.05, 3.63) is 46.1 Å². The summed E-state index contributed by atoms with van der Waals surface area (Å²) in [7, 11) is 0. The smallest absolute Gasteiger partial charge is 0.251 e. The molecule has 2 aromatic rings. The van der Waals surface area contributed by atoms with E-state index < -0.39 is 5.54 Å². The maximum Gasteiger partial charge on any atom is 0.251 e. The summed E-state index contributed by atoms with van der Waals surface area (Å²) in [6.45, 7) is 1.84. The quantitative estimate of drug-likeness (QED) is 0.784. The predicted octanol–water partition coefficient (Wildman–Crippen LogP) is 4.02. The van der Waals surface area contributed by atoms with Gasteiger partial charge < -0.3 is 10.6 Å². The second-order valence-corrected chi connectivity index (χ2v) is 7.73. The van der Waals surface area contributed by atoms with Gasteiger partial charge in [-0.15, -0.1) is 0 Å². The second-order valence-electron chi connectivity index (χ2n) is 6.89. The van der Waals surface area contributed by atoms with Crippen molar-refractivity contribution < 1.29 is 9.59 Å². The van der Waals surface area contributed by atoms with Gasteiger partial charge in [0.1, 0.15) is 11.4 Å². The number of hydrogen-bond acceptors (Lipinski definition) is 3. The molecule has 1 saturated carbocycles. The van der Waals surface area contributed by atoms with Crippen LogP contribution in [-0.2, 0) is 16.1 Å². The van der Waals surface area contributed by atoms with Crippen LogP contribution in [0.4, 0.5) is 5.82 Å². The van der Waals surface area contributed by atoms with Crippen molar-refractivity contribution in [1.29, 1.82) is 0 Å². The summed E-state index contributed by atoms with van der Waals surface area (Å²) in [5, 5.41) is 11.2. The van der Waals surface area contributed by atoms with Crippen LogP contribution < -0.4 is 10.6 Å². The van der Waals surface area contributed by atoms with Gasteiger partial charge in [-0.25, -0.2) is 4.68 Å². The Morgan fingerprint density at radius 2 is 1.93 bits per heavy atom. The van der Waals surface area contributed by atoms with E-state index in [9.17, 15) is 9.59 Å². The Morgan fingerprint density at radius 3 is 2.59 bits per heavy atom. The van der Waals surface area contributed by atoms with Crippen molar-refractivity contribution in [3.63, 3.8) is 0 Å². The molecule has 0 bridgehead atoms. The molecule has 0 aliphatic heterocycles. The van der Waals surface area contributed by atoms with Gasteiger partial charge in [-0.05, 0) is 30.5 Å². The number of nitrogens with one attached hydrogen (secondary N) is 2. The van der Waals surface area contributed by atoms with Gasteiger partial charge in [-0.1, -0.05) is 48.5 Å². The van der Waals surface area contributed by atoms with E-state index in [1.54, 1.807) is 29.1 Å². The van der Waals surface area contributed by atoms with E-state index in [0.717, 1.165) is 24.8 Å². The molecular weight excluding hydrogens is 387 g/mol. The van der Waals surface area contributed by atoms with Crippen LogP contribution in [0.1, 0.15) is 44.6 Å². The Balaban J connectivity index is 1.78. The van der Waals surface area contributed by atoms with Crippen LogP contribution in [0.3, 0.4) is 0 Å². The Labute approximate surface area is 168 Å². The Hall–Kier alpha value is -2.05. The lowest BCUT2D eigenvalue weighted by atomic mass is 9.80. The zero-order valence-corrected chi connectivity index (χ0v) is 16.6. The molecule has 1 aromatic carbocycles. The van der Waals surface area contributed by atoms with Gasteiger partial charge >= 0.3 is 0 Å². The highest BCUT2D eigenvalue weighted by molar-refractivity contribution is 6.35. The predicted molar refractivity (Wildman–Crippen MR) is 106 cm³/mol. The molecule has 0 unspecified atom stereocenters. The number of halogens is 2. The minimum absolute atomic E-state index is 0.200. The summed E-state index contributed by atoms with van der Waals surface area (Å²) in [6.07, 6.45) is 5.78. The molecule has 3 rings (SSSR count). The summed E-state index contributed by atoms with van der Waals surface area (Å²) in [5.74, 6) is 0.149. The van der Waals surface area contributed by atoms with E-state index in [1.807, 2.05) is 6.07 Å². The number of amides is 2. The van der Waals surface area contributed by atoms with Gasteiger partial charge in [0.25, 0.3) is 5.91 Å². The largest absolute Gasteiger partial charge is 0.342 e. The van der Waals surface area contributed by atoms with Gasteiger partial charge in [0.15, 0.2) is 0 Å². The standard InChI is InChI=1S/C19H22Cl2N4O2/c1-13(26)24-19(8-3-2-4-9-19)18(27)23-17-7-10-22-25(17)12-14-5-6-15(20)11-16(14)21/h5-7,10-11H,2-4,8-9,12H2,1H3,(H,23,27)(H,24,26). The number of carbonyl (C=O) groups excluding carboxylic acids is 2. The van der Waals surface area contributed by atoms with E-state index in [1.165, 1.54) is 6.92 Å². The number of aromatic nitrogens is 2. The maximum absolute atomic E-state index is 13.0. The molecule has 6 nitrogen and oxygen atoms in total. The molecule has 0 spiro atoms. The first-order valence-electron chi connectivity index (χ1n) is 8.95. The minimum Gasteiger partial charge on any atom is -0.342 e. The molecule has 2 amide bonds. The van der Waals surface area contributed by atoms with Gasteiger partial charge in [-0.2, -0.15) is 5.10 Å². The summed E-state index contributed by atoms with van der Waals surface area (Å²) in [6, 6.07) is 7.00. The summed E-state index contributed by atoms with van der Waals surface area (Å²) >= 11 is 12.2. The van der Waals surface area contributed by atoms with Crippen molar-refractivity contribution in [1.82, 2.24) is 15.1 Å². The monoisotopic (exact) mass is 408 g/mol. The van der Waals surface area contributed by atoms with Crippen molar-refractivity contribution in [2.45, 2.75) is 51.1 Å². The lowest BCUT2D eigenvalue weighted by Gasteiger charge is -2.36. The molecule has 0 radical (unpaired) electrons. The van der Waals surface area contributed by atoms with E-state index in [4.69, 9.17) is 23.2 Å². The number of benzene rings is 1. The first kappa shape index (κ1) is 19.7. The molecule has 1 aromatic heterocycles. The highest BCUT2D eigenvalue weighted by Gasteiger charge is 2.40. The van der Waals surface area contributed by atoms with Crippen LogP contribution in [-0.4, -0.2) is 27.1 Å². The third-order valence-electron chi connectivity index (χ3n) is 4.85. The van der Waals surface area contributed by atoms with E-state index in [2.05, 4.69) is 15.7 Å². The third kappa shape index (κ3) is 4.62. The molecule has 1 aliphatic rings. The van der Waals surface area contributed by atoms with E-state index >= 15 is 0 Å². The molecule has 2 N–H and O–H groups in total. The lowest BCUT2D eigenvalue weighted by molar-refractivity contribution is -0.130. The second kappa shape index (κ2) is 8.31. The Kier molecular flexibility index (Phi) is 6.07. The van der Waals surface area contributed by atoms with Crippen LogP contribution in [0, 0.1) is 0 Å². The fraction of sp³-hybridized carbons (Fsp3) is 0.421. The topological polar surface area (TPSA) is 76.0 Å². The van der Waals surface area contributed by atoms with Crippen LogP contribution in [0.25, 0.3) is 0 Å². The van der Waals surface area contributed by atoms with Crippen molar-refractivity contribution in [2.24, 2.45) is 0 Å². The molecule has 0 saturated heterocycles. The molecule has 27 heavy (non-hydrogen) atoms. The minimum atomic E-state index is -0.864. The molecular formula is C19H22Cl2N4O2. The molecule has 0 atom stereocenters. The highest BCUT2D eigenvalue weighted by Crippen LogP contribution is 2.30. The summed E-state index contributed by atoms with van der Waals surface area (Å²) < 4.78 is 1.66. The van der Waals surface area contributed by atoms with Crippen molar-refractivity contribution in [2.75, 3.05) is 5.32 Å². The summed E-state index contributed by atoms with van der Waals surface area (Å²) in [4.78, 5) is 24.7. The maximum atomic E-state index is 13.0. The van der Waals surface area contributed by atoms with Gasteiger partial charge in [-0.3, -0.25) is 9.59 Å². The molecule has 1 heterocycles. The molecule has 1 fully saturated rings. The van der Waals surface area contributed by atoms with Crippen LogP contribution in [0.2, 0.25) is 10.0 Å². The Bertz CT molecular complexity index is 844. The zero-order chi connectivity index (χ0) is 19.4. The first-order chi connectivity index (χ1) is 12.9. The van der Waals surface area contributed by atoms with Crippen LogP contribution in [0.5, 0.6) is 0 Å². The molecule has 144 valence electrons.